The molecule has 0 heterocycles. The topological polar surface area (TPSA) is 26.0 Å². The largest absolute Gasteiger partial charge is 0.327 e. The van der Waals surface area contributed by atoms with Gasteiger partial charge < -0.3 is 5.73 Å². The number of hydrogen-bond donors (Lipinski definition) is 1. The molecular formula is C11H17N. The van der Waals surface area contributed by atoms with Crippen LogP contribution in [0.4, 0.5) is 0 Å². The molecular weight excluding hydrogens is 146 g/mol. The van der Waals surface area contributed by atoms with E-state index in [9.17, 15) is 0 Å². The Morgan fingerprint density at radius 3 is 2.25 bits per heavy atom. The lowest BCUT2D eigenvalue weighted by molar-refractivity contribution is 0.610. The first-order valence-electron chi connectivity index (χ1n) is 4.44. The SMILES string of the molecule is Cc1ccccc1C(C)C(C)N. The van der Waals surface area contributed by atoms with Gasteiger partial charge in [0.25, 0.3) is 0 Å². The molecule has 2 N–H and O–H groups in total. The lowest BCUT2D eigenvalue weighted by atomic mass is 9.92. The van der Waals surface area contributed by atoms with Crippen LogP contribution in [-0.2, 0) is 0 Å². The molecule has 2 atom stereocenters. The van der Waals surface area contributed by atoms with Gasteiger partial charge in [-0.2, -0.15) is 0 Å². The van der Waals surface area contributed by atoms with Crippen molar-refractivity contribution < 1.29 is 0 Å². The first kappa shape index (κ1) is 9.27. The van der Waals surface area contributed by atoms with Gasteiger partial charge in [-0.25, -0.2) is 0 Å². The second-order valence-electron chi connectivity index (χ2n) is 3.50. The highest BCUT2D eigenvalue weighted by atomic mass is 14.6. The minimum Gasteiger partial charge on any atom is -0.327 e. The Bertz CT molecular complexity index is 253. The van der Waals surface area contributed by atoms with Crippen LogP contribution in [-0.4, -0.2) is 6.04 Å². The summed E-state index contributed by atoms with van der Waals surface area (Å²) in [6.07, 6.45) is 0. The fourth-order valence-corrected chi connectivity index (χ4v) is 1.38. The molecule has 0 aliphatic heterocycles. The molecule has 0 fully saturated rings. The standard InChI is InChI=1S/C11H17N/c1-8-6-4-5-7-11(8)9(2)10(3)12/h4-7,9-10H,12H2,1-3H3. The highest BCUT2D eigenvalue weighted by Crippen LogP contribution is 2.20. The minimum atomic E-state index is 0.228. The van der Waals surface area contributed by atoms with Crippen molar-refractivity contribution in [1.82, 2.24) is 0 Å². The molecule has 1 heteroatoms. The molecule has 0 aromatic heterocycles. The summed E-state index contributed by atoms with van der Waals surface area (Å²) >= 11 is 0. The molecule has 0 amide bonds. The maximum Gasteiger partial charge on any atom is 0.00767 e. The van der Waals surface area contributed by atoms with E-state index in [0.717, 1.165) is 0 Å². The van der Waals surface area contributed by atoms with Crippen LogP contribution in [0.2, 0.25) is 0 Å². The third kappa shape index (κ3) is 1.86. The number of benzene rings is 1. The summed E-state index contributed by atoms with van der Waals surface area (Å²) in [6, 6.07) is 8.65. The van der Waals surface area contributed by atoms with Crippen molar-refractivity contribution in [1.29, 1.82) is 0 Å². The number of aryl methyl sites for hydroxylation is 1. The van der Waals surface area contributed by atoms with Gasteiger partial charge in [0.2, 0.25) is 0 Å². The van der Waals surface area contributed by atoms with E-state index in [0.29, 0.717) is 5.92 Å². The predicted molar refractivity (Wildman–Crippen MR) is 53.2 cm³/mol. The zero-order valence-electron chi connectivity index (χ0n) is 8.04. The van der Waals surface area contributed by atoms with E-state index in [2.05, 4.69) is 45.0 Å². The third-order valence-corrected chi connectivity index (χ3v) is 2.47. The quantitative estimate of drug-likeness (QED) is 0.712. The summed E-state index contributed by atoms with van der Waals surface area (Å²) in [7, 11) is 0. The van der Waals surface area contributed by atoms with Crippen molar-refractivity contribution in [2.24, 2.45) is 5.73 Å². The molecule has 12 heavy (non-hydrogen) atoms. The van der Waals surface area contributed by atoms with Crippen molar-refractivity contribution in [3.63, 3.8) is 0 Å². The van der Waals surface area contributed by atoms with Gasteiger partial charge in [0.15, 0.2) is 0 Å². The Hall–Kier alpha value is -0.820. The van der Waals surface area contributed by atoms with Crippen LogP contribution < -0.4 is 5.73 Å². The summed E-state index contributed by atoms with van der Waals surface area (Å²) in [5.74, 6) is 0.450. The van der Waals surface area contributed by atoms with Gasteiger partial charge in [-0.3, -0.25) is 0 Å². The van der Waals surface area contributed by atoms with Crippen LogP contribution in [0.3, 0.4) is 0 Å². The fraction of sp³-hybridized carbons (Fsp3) is 0.455. The van der Waals surface area contributed by atoms with Gasteiger partial charge in [-0.05, 0) is 30.9 Å². The van der Waals surface area contributed by atoms with E-state index in [1.165, 1.54) is 11.1 Å². The number of rotatable bonds is 2. The van der Waals surface area contributed by atoms with Crippen molar-refractivity contribution in [3.05, 3.63) is 35.4 Å². The molecule has 0 saturated heterocycles. The Labute approximate surface area is 74.6 Å². The van der Waals surface area contributed by atoms with Crippen LogP contribution >= 0.6 is 0 Å². The van der Waals surface area contributed by atoms with Gasteiger partial charge in [-0.1, -0.05) is 31.2 Å². The molecule has 0 spiro atoms. The molecule has 0 radical (unpaired) electrons. The van der Waals surface area contributed by atoms with Gasteiger partial charge in [0.05, 0.1) is 0 Å². The first-order valence-corrected chi connectivity index (χ1v) is 4.44. The van der Waals surface area contributed by atoms with Crippen molar-refractivity contribution in [3.8, 4) is 0 Å². The third-order valence-electron chi connectivity index (χ3n) is 2.47. The van der Waals surface area contributed by atoms with Crippen molar-refractivity contribution in [2.45, 2.75) is 32.7 Å². The Kier molecular flexibility index (Phi) is 2.88. The second-order valence-corrected chi connectivity index (χ2v) is 3.50. The van der Waals surface area contributed by atoms with E-state index >= 15 is 0 Å². The molecule has 66 valence electrons. The summed E-state index contributed by atoms with van der Waals surface area (Å²) in [4.78, 5) is 0. The van der Waals surface area contributed by atoms with Crippen LogP contribution in [0.15, 0.2) is 24.3 Å². The Morgan fingerprint density at radius 1 is 1.17 bits per heavy atom. The van der Waals surface area contributed by atoms with Gasteiger partial charge >= 0.3 is 0 Å². The van der Waals surface area contributed by atoms with E-state index in [1.807, 2.05) is 0 Å². The van der Waals surface area contributed by atoms with Crippen molar-refractivity contribution >= 4 is 0 Å². The van der Waals surface area contributed by atoms with Gasteiger partial charge in [-0.15, -0.1) is 0 Å². The van der Waals surface area contributed by atoms with Crippen LogP contribution in [0.1, 0.15) is 30.9 Å². The zero-order chi connectivity index (χ0) is 9.14. The van der Waals surface area contributed by atoms with Gasteiger partial charge in [0.1, 0.15) is 0 Å². The molecule has 1 nitrogen and oxygen atoms in total. The maximum atomic E-state index is 5.84. The average molecular weight is 163 g/mol. The fourth-order valence-electron chi connectivity index (χ4n) is 1.38. The maximum absolute atomic E-state index is 5.84. The number of hydrogen-bond acceptors (Lipinski definition) is 1. The molecule has 0 aliphatic carbocycles. The van der Waals surface area contributed by atoms with Crippen LogP contribution in [0.5, 0.6) is 0 Å². The average Bonchev–Trinajstić information content (AvgIpc) is 2.04. The molecule has 1 aromatic carbocycles. The van der Waals surface area contributed by atoms with E-state index in [-0.39, 0.29) is 6.04 Å². The van der Waals surface area contributed by atoms with E-state index in [1.54, 1.807) is 0 Å². The molecule has 0 bridgehead atoms. The second kappa shape index (κ2) is 3.72. The normalized spacial score (nSPS) is 15.7. The minimum absolute atomic E-state index is 0.228. The highest BCUT2D eigenvalue weighted by Gasteiger charge is 2.11. The molecule has 1 rings (SSSR count). The summed E-state index contributed by atoms with van der Waals surface area (Å²) < 4.78 is 0. The first-order chi connectivity index (χ1) is 5.63. The molecule has 0 saturated carbocycles. The monoisotopic (exact) mass is 163 g/mol. The smallest absolute Gasteiger partial charge is 0.00767 e. The zero-order valence-corrected chi connectivity index (χ0v) is 8.04. The molecule has 1 aromatic rings. The highest BCUT2D eigenvalue weighted by molar-refractivity contribution is 5.29. The lowest BCUT2D eigenvalue weighted by Crippen LogP contribution is -2.22. The summed E-state index contributed by atoms with van der Waals surface area (Å²) in [5, 5.41) is 0. The summed E-state index contributed by atoms with van der Waals surface area (Å²) in [6.45, 7) is 6.36. The van der Waals surface area contributed by atoms with Crippen LogP contribution in [0, 0.1) is 6.92 Å². The molecule has 0 aliphatic rings. The summed E-state index contributed by atoms with van der Waals surface area (Å²) in [5.41, 5.74) is 8.54. The van der Waals surface area contributed by atoms with Crippen molar-refractivity contribution in [2.75, 3.05) is 0 Å². The van der Waals surface area contributed by atoms with Gasteiger partial charge in [0, 0.05) is 6.04 Å². The number of nitrogens with two attached hydrogens (primary N) is 1. The Morgan fingerprint density at radius 2 is 1.75 bits per heavy atom. The van der Waals surface area contributed by atoms with E-state index < -0.39 is 0 Å². The lowest BCUT2D eigenvalue weighted by Gasteiger charge is -2.17. The van der Waals surface area contributed by atoms with E-state index in [4.69, 9.17) is 5.73 Å². The van der Waals surface area contributed by atoms with Crippen LogP contribution in [0.25, 0.3) is 0 Å². The Balaban J connectivity index is 2.94. The molecule has 2 unspecified atom stereocenters. The predicted octanol–water partition coefficient (Wildman–Crippen LogP) is 2.45.